The van der Waals surface area contributed by atoms with E-state index >= 15 is 0 Å². The molecule has 0 heterocycles. The van der Waals surface area contributed by atoms with Gasteiger partial charge in [0, 0.05) is 5.56 Å². The van der Waals surface area contributed by atoms with Gasteiger partial charge in [0.1, 0.15) is 6.61 Å². The molecule has 4 nitrogen and oxygen atoms in total. The summed E-state index contributed by atoms with van der Waals surface area (Å²) in [7, 11) is 1.29. The quantitative estimate of drug-likeness (QED) is 0.639. The molecule has 0 atom stereocenters. The van der Waals surface area contributed by atoms with E-state index in [-0.39, 0.29) is 5.92 Å². The number of benzene rings is 1. The molecule has 92 valence electrons. The smallest absolute Gasteiger partial charge is 0.337 e. The lowest BCUT2D eigenvalue weighted by atomic mass is 9.96. The van der Waals surface area contributed by atoms with Gasteiger partial charge in [0.05, 0.1) is 12.7 Å². The standard InChI is InChI=1S/C13H16O4/c1-8(2)9-4-10(12(15)7-14)6-11(5-9)13(16)17-3/h4-6,8,14H,7H2,1-3H3. The van der Waals surface area contributed by atoms with Gasteiger partial charge in [0.2, 0.25) is 0 Å². The molecular weight excluding hydrogens is 220 g/mol. The van der Waals surface area contributed by atoms with Crippen LogP contribution in [0.5, 0.6) is 0 Å². The monoisotopic (exact) mass is 236 g/mol. The number of hydrogen-bond acceptors (Lipinski definition) is 4. The van der Waals surface area contributed by atoms with Crippen molar-refractivity contribution < 1.29 is 19.4 Å². The lowest BCUT2D eigenvalue weighted by Crippen LogP contribution is -2.09. The number of ketones is 1. The van der Waals surface area contributed by atoms with Gasteiger partial charge in [-0.15, -0.1) is 0 Å². The van der Waals surface area contributed by atoms with E-state index < -0.39 is 18.4 Å². The number of rotatable bonds is 4. The Labute approximate surface area is 100 Å². The van der Waals surface area contributed by atoms with Crippen molar-refractivity contribution in [3.05, 3.63) is 34.9 Å². The summed E-state index contributed by atoms with van der Waals surface area (Å²) in [4.78, 5) is 22.9. The van der Waals surface area contributed by atoms with E-state index in [1.54, 1.807) is 12.1 Å². The Morgan fingerprint density at radius 2 is 1.82 bits per heavy atom. The summed E-state index contributed by atoms with van der Waals surface area (Å²) in [6.07, 6.45) is 0. The number of methoxy groups -OCH3 is 1. The van der Waals surface area contributed by atoms with E-state index in [0.29, 0.717) is 11.1 Å². The molecule has 0 spiro atoms. The molecule has 1 aromatic carbocycles. The maximum Gasteiger partial charge on any atom is 0.337 e. The molecule has 0 aliphatic heterocycles. The number of carbonyl (C=O) groups excluding carboxylic acids is 2. The summed E-state index contributed by atoms with van der Waals surface area (Å²) >= 11 is 0. The highest BCUT2D eigenvalue weighted by Crippen LogP contribution is 2.19. The lowest BCUT2D eigenvalue weighted by molar-refractivity contribution is 0.0600. The van der Waals surface area contributed by atoms with E-state index in [1.807, 2.05) is 13.8 Å². The molecule has 1 aromatic rings. The van der Waals surface area contributed by atoms with E-state index in [1.165, 1.54) is 13.2 Å². The first-order valence-electron chi connectivity index (χ1n) is 5.37. The zero-order chi connectivity index (χ0) is 13.0. The van der Waals surface area contributed by atoms with Crippen molar-refractivity contribution in [2.75, 3.05) is 13.7 Å². The van der Waals surface area contributed by atoms with Gasteiger partial charge in [-0.2, -0.15) is 0 Å². The lowest BCUT2D eigenvalue weighted by Gasteiger charge is -2.10. The average Bonchev–Trinajstić information content (AvgIpc) is 2.36. The number of esters is 1. The number of ether oxygens (including phenoxy) is 1. The van der Waals surface area contributed by atoms with Gasteiger partial charge in [0.15, 0.2) is 5.78 Å². The van der Waals surface area contributed by atoms with Crippen molar-refractivity contribution in [2.45, 2.75) is 19.8 Å². The van der Waals surface area contributed by atoms with Crippen LogP contribution in [0.2, 0.25) is 0 Å². The predicted molar refractivity (Wildman–Crippen MR) is 63.3 cm³/mol. The first-order valence-corrected chi connectivity index (χ1v) is 5.37. The van der Waals surface area contributed by atoms with Crippen LogP contribution in [-0.4, -0.2) is 30.6 Å². The fraction of sp³-hybridized carbons (Fsp3) is 0.385. The fourth-order valence-electron chi connectivity index (χ4n) is 1.47. The summed E-state index contributed by atoms with van der Waals surface area (Å²) in [6, 6.07) is 4.83. The Hall–Kier alpha value is -1.68. The highest BCUT2D eigenvalue weighted by atomic mass is 16.5. The molecule has 0 aliphatic rings. The van der Waals surface area contributed by atoms with Crippen LogP contribution in [0, 0.1) is 0 Å². The summed E-state index contributed by atoms with van der Waals surface area (Å²) in [6.45, 7) is 3.36. The maximum atomic E-state index is 11.5. The van der Waals surface area contributed by atoms with Crippen molar-refractivity contribution in [3.63, 3.8) is 0 Å². The Bertz CT molecular complexity index is 401. The van der Waals surface area contributed by atoms with Crippen LogP contribution in [0.4, 0.5) is 0 Å². The molecule has 0 fully saturated rings. The van der Waals surface area contributed by atoms with Crippen molar-refractivity contribution in [3.8, 4) is 0 Å². The van der Waals surface area contributed by atoms with Crippen molar-refractivity contribution >= 4 is 11.8 Å². The molecule has 0 saturated carbocycles. The molecule has 0 saturated heterocycles. The molecule has 0 aromatic heterocycles. The van der Waals surface area contributed by atoms with Gasteiger partial charge < -0.3 is 9.84 Å². The second kappa shape index (κ2) is 5.59. The molecule has 0 unspecified atom stereocenters. The zero-order valence-electron chi connectivity index (χ0n) is 10.2. The number of carbonyl (C=O) groups is 2. The third-order valence-electron chi connectivity index (χ3n) is 2.51. The third-order valence-corrected chi connectivity index (χ3v) is 2.51. The van der Waals surface area contributed by atoms with Crippen LogP contribution in [0.1, 0.15) is 46.0 Å². The zero-order valence-corrected chi connectivity index (χ0v) is 10.2. The minimum absolute atomic E-state index is 0.185. The fourth-order valence-corrected chi connectivity index (χ4v) is 1.47. The average molecular weight is 236 g/mol. The minimum Gasteiger partial charge on any atom is -0.465 e. The van der Waals surface area contributed by atoms with Gasteiger partial charge in [-0.05, 0) is 29.7 Å². The Morgan fingerprint density at radius 3 is 2.29 bits per heavy atom. The molecular formula is C13H16O4. The van der Waals surface area contributed by atoms with Crippen LogP contribution in [0.25, 0.3) is 0 Å². The van der Waals surface area contributed by atoms with Crippen LogP contribution in [0.15, 0.2) is 18.2 Å². The normalized spacial score (nSPS) is 10.4. The number of aliphatic hydroxyl groups is 1. The summed E-state index contributed by atoms with van der Waals surface area (Å²) < 4.78 is 4.63. The second-order valence-corrected chi connectivity index (χ2v) is 4.07. The molecule has 17 heavy (non-hydrogen) atoms. The number of hydrogen-bond donors (Lipinski definition) is 1. The van der Waals surface area contributed by atoms with Crippen molar-refractivity contribution in [1.82, 2.24) is 0 Å². The maximum absolute atomic E-state index is 11.5. The van der Waals surface area contributed by atoms with Crippen molar-refractivity contribution in [2.24, 2.45) is 0 Å². The Balaban J connectivity index is 3.28. The minimum atomic E-state index is -0.567. The van der Waals surface area contributed by atoms with Crippen LogP contribution in [0.3, 0.4) is 0 Å². The molecule has 0 bridgehead atoms. The third kappa shape index (κ3) is 3.14. The molecule has 0 radical (unpaired) electrons. The highest BCUT2D eigenvalue weighted by Gasteiger charge is 2.13. The van der Waals surface area contributed by atoms with Crippen LogP contribution >= 0.6 is 0 Å². The first kappa shape index (κ1) is 13.4. The molecule has 1 rings (SSSR count). The van der Waals surface area contributed by atoms with Gasteiger partial charge in [-0.25, -0.2) is 4.79 Å². The second-order valence-electron chi connectivity index (χ2n) is 4.07. The first-order chi connectivity index (χ1) is 7.99. The molecule has 0 amide bonds. The van der Waals surface area contributed by atoms with Gasteiger partial charge in [0.25, 0.3) is 0 Å². The van der Waals surface area contributed by atoms with E-state index in [4.69, 9.17) is 5.11 Å². The summed E-state index contributed by atoms with van der Waals surface area (Å²) in [5.74, 6) is -0.706. The van der Waals surface area contributed by atoms with E-state index in [2.05, 4.69) is 4.74 Å². The summed E-state index contributed by atoms with van der Waals surface area (Å²) in [5.41, 5.74) is 1.53. The predicted octanol–water partition coefficient (Wildman–Crippen LogP) is 1.77. The number of Topliss-reactive ketones (excluding diaryl/α,β-unsaturated/α-hetero) is 1. The van der Waals surface area contributed by atoms with Crippen LogP contribution < -0.4 is 0 Å². The SMILES string of the molecule is COC(=O)c1cc(C(=O)CO)cc(C(C)C)c1. The Morgan fingerprint density at radius 1 is 1.24 bits per heavy atom. The van der Waals surface area contributed by atoms with Crippen LogP contribution in [-0.2, 0) is 4.74 Å². The topological polar surface area (TPSA) is 63.6 Å². The van der Waals surface area contributed by atoms with Gasteiger partial charge >= 0.3 is 5.97 Å². The molecule has 0 aliphatic carbocycles. The Kier molecular flexibility index (Phi) is 4.40. The largest absolute Gasteiger partial charge is 0.465 e. The number of aliphatic hydroxyl groups excluding tert-OH is 1. The van der Waals surface area contributed by atoms with E-state index in [9.17, 15) is 9.59 Å². The molecule has 4 heteroatoms. The van der Waals surface area contributed by atoms with E-state index in [0.717, 1.165) is 5.56 Å². The van der Waals surface area contributed by atoms with Gasteiger partial charge in [-0.1, -0.05) is 13.8 Å². The summed E-state index contributed by atoms with van der Waals surface area (Å²) in [5, 5.41) is 8.84. The highest BCUT2D eigenvalue weighted by molar-refractivity contribution is 6.00. The van der Waals surface area contributed by atoms with Gasteiger partial charge in [-0.3, -0.25) is 4.79 Å². The van der Waals surface area contributed by atoms with Crippen molar-refractivity contribution in [1.29, 1.82) is 0 Å². The molecule has 1 N–H and O–H groups in total.